The summed E-state index contributed by atoms with van der Waals surface area (Å²) in [6.45, 7) is 2.41. The fourth-order valence-electron chi connectivity index (χ4n) is 3.00. The average molecular weight is 437 g/mol. The van der Waals surface area contributed by atoms with Crippen molar-refractivity contribution in [2.45, 2.75) is 13.3 Å². The Balaban J connectivity index is 1.79. The molecule has 0 unspecified atom stereocenters. The molecule has 8 nitrogen and oxygen atoms in total. The van der Waals surface area contributed by atoms with Crippen molar-refractivity contribution in [1.29, 1.82) is 0 Å². The van der Waals surface area contributed by atoms with Gasteiger partial charge in [0, 0.05) is 27.2 Å². The highest BCUT2D eigenvalue weighted by atomic mass is 32.2. The Morgan fingerprint density at radius 3 is 2.40 bits per heavy atom. The lowest BCUT2D eigenvalue weighted by atomic mass is 10.0. The topological polar surface area (TPSA) is 95.5 Å². The van der Waals surface area contributed by atoms with E-state index in [-0.39, 0.29) is 12.4 Å². The number of halogens is 2. The van der Waals surface area contributed by atoms with E-state index in [1.54, 1.807) is 0 Å². The fourth-order valence-corrected chi connectivity index (χ4v) is 4.08. The van der Waals surface area contributed by atoms with Gasteiger partial charge in [-0.05, 0) is 31.1 Å². The smallest absolute Gasteiger partial charge is 0.281 e. The van der Waals surface area contributed by atoms with Crippen LogP contribution in [0, 0.1) is 11.6 Å². The Morgan fingerprint density at radius 1 is 1.17 bits per heavy atom. The lowest BCUT2D eigenvalue weighted by Crippen LogP contribution is -2.43. The molecule has 160 valence electrons. The molecule has 0 bridgehead atoms. The highest BCUT2D eigenvalue weighted by Crippen LogP contribution is 2.27. The lowest BCUT2D eigenvalue weighted by Gasteiger charge is -2.30. The fraction of sp³-hybridized carbons (Fsp3) is 0.316. The number of amides is 1. The van der Waals surface area contributed by atoms with Crippen molar-refractivity contribution in [3.05, 3.63) is 59.1 Å². The summed E-state index contributed by atoms with van der Waals surface area (Å²) in [7, 11) is -0.635. The van der Waals surface area contributed by atoms with Gasteiger partial charge in [0.25, 0.3) is 16.1 Å². The molecule has 3 rings (SSSR count). The minimum atomic E-state index is -3.57. The van der Waals surface area contributed by atoms with E-state index in [9.17, 15) is 22.0 Å². The number of nitrogens with zero attached hydrogens (tertiary/aromatic N) is 4. The number of benzene rings is 1. The number of carbonyl (C=O) groups excluding carboxylic acids is 1. The molecule has 0 spiro atoms. The van der Waals surface area contributed by atoms with Crippen LogP contribution in [0.5, 0.6) is 0 Å². The van der Waals surface area contributed by atoms with Crippen LogP contribution in [0.4, 0.5) is 14.6 Å². The van der Waals surface area contributed by atoms with E-state index in [1.807, 2.05) is 6.92 Å². The predicted molar refractivity (Wildman–Crippen MR) is 108 cm³/mol. The number of nitrogens with one attached hydrogen (secondary N) is 1. The van der Waals surface area contributed by atoms with E-state index >= 15 is 0 Å². The number of anilines is 1. The molecule has 0 saturated heterocycles. The molecule has 0 atom stereocenters. The second-order valence-corrected chi connectivity index (χ2v) is 9.11. The van der Waals surface area contributed by atoms with E-state index in [2.05, 4.69) is 15.3 Å². The van der Waals surface area contributed by atoms with Gasteiger partial charge in [-0.15, -0.1) is 0 Å². The van der Waals surface area contributed by atoms with Crippen LogP contribution >= 0.6 is 0 Å². The van der Waals surface area contributed by atoms with Crippen molar-refractivity contribution < 1.29 is 22.0 Å². The van der Waals surface area contributed by atoms with Gasteiger partial charge in [0.05, 0.1) is 18.1 Å². The molecule has 1 aromatic carbocycles. The molecule has 1 amide bonds. The molecule has 30 heavy (non-hydrogen) atoms. The molecule has 2 heterocycles. The lowest BCUT2D eigenvalue weighted by molar-refractivity contribution is 0.101. The van der Waals surface area contributed by atoms with E-state index < -0.39 is 33.3 Å². The zero-order valence-corrected chi connectivity index (χ0v) is 17.5. The molecule has 1 aliphatic rings. The Bertz CT molecular complexity index is 1080. The third kappa shape index (κ3) is 4.37. The van der Waals surface area contributed by atoms with Gasteiger partial charge >= 0.3 is 0 Å². The molecular formula is C19H21F2N5O3S. The van der Waals surface area contributed by atoms with E-state index in [0.717, 1.165) is 33.7 Å². The predicted octanol–water partition coefficient (Wildman–Crippen LogP) is 2.29. The average Bonchev–Trinajstić information content (AvgIpc) is 2.68. The molecule has 0 radical (unpaired) electrons. The van der Waals surface area contributed by atoms with Gasteiger partial charge in [-0.2, -0.15) is 17.0 Å². The zero-order chi connectivity index (χ0) is 22.1. The molecule has 1 aromatic heterocycles. The van der Waals surface area contributed by atoms with Crippen molar-refractivity contribution in [2.24, 2.45) is 0 Å². The van der Waals surface area contributed by atoms with E-state index in [4.69, 9.17) is 0 Å². The first kappa shape index (κ1) is 21.9. The summed E-state index contributed by atoms with van der Waals surface area (Å²) >= 11 is 0. The molecule has 2 aromatic rings. The van der Waals surface area contributed by atoms with Gasteiger partial charge in [-0.25, -0.2) is 13.8 Å². The number of hydrogen-bond donors (Lipinski definition) is 1. The van der Waals surface area contributed by atoms with Crippen LogP contribution in [-0.4, -0.2) is 60.1 Å². The molecule has 0 saturated carbocycles. The maximum Gasteiger partial charge on any atom is 0.281 e. The molecule has 0 fully saturated rings. The van der Waals surface area contributed by atoms with Gasteiger partial charge in [0.1, 0.15) is 17.2 Å². The quantitative estimate of drug-likeness (QED) is 0.775. The molecule has 11 heteroatoms. The third-order valence-electron chi connectivity index (χ3n) is 4.77. The minimum Gasteiger partial charge on any atom is -0.305 e. The summed E-state index contributed by atoms with van der Waals surface area (Å²) in [5.74, 6) is -2.94. The summed E-state index contributed by atoms with van der Waals surface area (Å²) in [6.07, 6.45) is 3.19. The Morgan fingerprint density at radius 2 is 1.83 bits per heavy atom. The second-order valence-electron chi connectivity index (χ2n) is 6.97. The SMILES string of the molecule is CC1=C(c2cnc(NC(=O)c3c(F)cccc3F)cn2)CN(S(=O)(=O)N(C)C)CC1. The molecule has 1 aliphatic heterocycles. The Labute approximate surface area is 173 Å². The van der Waals surface area contributed by atoms with Crippen molar-refractivity contribution >= 4 is 27.5 Å². The first-order valence-corrected chi connectivity index (χ1v) is 10.4. The summed E-state index contributed by atoms with van der Waals surface area (Å²) in [6, 6.07) is 3.13. The standard InChI is InChI=1S/C19H21F2N5O3S/c1-12-7-8-26(30(28,29)25(2)3)11-13(12)16-9-23-17(10-22-16)24-19(27)18-14(20)5-4-6-15(18)21/h4-6,9-10H,7-8,11H2,1-3H3,(H,23,24,27). The number of hydrogen-bond acceptors (Lipinski definition) is 5. The molecule has 1 N–H and O–H groups in total. The van der Waals surface area contributed by atoms with Crippen LogP contribution in [0.1, 0.15) is 29.4 Å². The minimum absolute atomic E-state index is 0.0123. The second kappa shape index (κ2) is 8.54. The monoisotopic (exact) mass is 437 g/mol. The van der Waals surface area contributed by atoms with Gasteiger partial charge in [-0.3, -0.25) is 9.78 Å². The first-order chi connectivity index (χ1) is 14.1. The van der Waals surface area contributed by atoms with Crippen molar-refractivity contribution in [3.63, 3.8) is 0 Å². The van der Waals surface area contributed by atoms with Crippen molar-refractivity contribution in [2.75, 3.05) is 32.5 Å². The van der Waals surface area contributed by atoms with Crippen molar-refractivity contribution in [3.8, 4) is 0 Å². The molecular weight excluding hydrogens is 416 g/mol. The van der Waals surface area contributed by atoms with Gasteiger partial charge in [-0.1, -0.05) is 11.6 Å². The molecule has 0 aliphatic carbocycles. The van der Waals surface area contributed by atoms with Crippen LogP contribution in [0.2, 0.25) is 0 Å². The van der Waals surface area contributed by atoms with Crippen LogP contribution in [0.3, 0.4) is 0 Å². The summed E-state index contributed by atoms with van der Waals surface area (Å²) < 4.78 is 54.8. The van der Waals surface area contributed by atoms with E-state index in [1.165, 1.54) is 30.8 Å². The van der Waals surface area contributed by atoms with Crippen LogP contribution < -0.4 is 5.32 Å². The van der Waals surface area contributed by atoms with E-state index in [0.29, 0.717) is 18.7 Å². The maximum absolute atomic E-state index is 13.7. The summed E-state index contributed by atoms with van der Waals surface area (Å²) in [4.78, 5) is 20.5. The van der Waals surface area contributed by atoms with Gasteiger partial charge in [0.15, 0.2) is 5.82 Å². The highest BCUT2D eigenvalue weighted by Gasteiger charge is 2.29. The summed E-state index contributed by atoms with van der Waals surface area (Å²) in [5, 5.41) is 2.31. The largest absolute Gasteiger partial charge is 0.305 e. The number of carbonyl (C=O) groups is 1. The van der Waals surface area contributed by atoms with Gasteiger partial charge < -0.3 is 5.32 Å². The normalized spacial score (nSPS) is 15.5. The first-order valence-electron chi connectivity index (χ1n) is 9.05. The van der Waals surface area contributed by atoms with Crippen LogP contribution in [0.15, 0.2) is 36.2 Å². The maximum atomic E-state index is 13.7. The number of aromatic nitrogens is 2. The van der Waals surface area contributed by atoms with Gasteiger partial charge in [0.2, 0.25) is 0 Å². The number of rotatable bonds is 5. The summed E-state index contributed by atoms with van der Waals surface area (Å²) in [5.41, 5.74) is 1.46. The van der Waals surface area contributed by atoms with Crippen LogP contribution in [0.25, 0.3) is 5.57 Å². The Kier molecular flexibility index (Phi) is 6.25. The highest BCUT2D eigenvalue weighted by molar-refractivity contribution is 7.86. The van der Waals surface area contributed by atoms with Crippen molar-refractivity contribution in [1.82, 2.24) is 18.6 Å². The third-order valence-corrected chi connectivity index (χ3v) is 6.65. The Hall–Kier alpha value is -2.76. The van der Waals surface area contributed by atoms with Crippen LogP contribution in [-0.2, 0) is 10.2 Å². The zero-order valence-electron chi connectivity index (χ0n) is 16.7.